The molecule has 1 fully saturated rings. The Morgan fingerprint density at radius 3 is 2.92 bits per heavy atom. The van der Waals surface area contributed by atoms with E-state index in [1.54, 1.807) is 7.05 Å². The number of nitrogens with zero attached hydrogens (tertiary/aromatic N) is 2. The maximum absolute atomic E-state index is 11.1. The third-order valence-electron chi connectivity index (χ3n) is 2.56. The minimum absolute atomic E-state index is 0.0241. The normalized spacial score (nSPS) is 28.2. The van der Waals surface area contributed by atoms with Gasteiger partial charge in [-0.15, -0.1) is 0 Å². The molecule has 1 aliphatic rings. The Morgan fingerprint density at radius 1 is 1.69 bits per heavy atom. The molecule has 2 atom stereocenters. The molecule has 5 heteroatoms. The molecule has 1 saturated heterocycles. The molecule has 1 aromatic rings. The Hall–Kier alpha value is -1.10. The molecule has 0 bridgehead atoms. The van der Waals surface area contributed by atoms with Crippen molar-refractivity contribution in [2.45, 2.75) is 19.4 Å². The molecule has 0 spiro atoms. The molecular formula is C8H13N3O2. The van der Waals surface area contributed by atoms with Gasteiger partial charge in [-0.1, -0.05) is 6.92 Å². The van der Waals surface area contributed by atoms with Crippen molar-refractivity contribution in [3.8, 4) is 0 Å². The lowest BCUT2D eigenvalue weighted by Gasteiger charge is -2.12. The fourth-order valence-electron chi connectivity index (χ4n) is 1.64. The zero-order chi connectivity index (χ0) is 9.42. The van der Waals surface area contributed by atoms with Crippen molar-refractivity contribution in [2.24, 2.45) is 13.0 Å². The number of rotatable bonds is 1. The number of aromatic nitrogens is 3. The highest BCUT2D eigenvalue weighted by Gasteiger charge is 2.29. The summed E-state index contributed by atoms with van der Waals surface area (Å²) in [5, 5.41) is 6.36. The highest BCUT2D eigenvalue weighted by molar-refractivity contribution is 4.95. The van der Waals surface area contributed by atoms with Gasteiger partial charge in [-0.05, 0) is 12.3 Å². The van der Waals surface area contributed by atoms with Gasteiger partial charge >= 0.3 is 5.69 Å². The van der Waals surface area contributed by atoms with Crippen LogP contribution in [0.3, 0.4) is 0 Å². The van der Waals surface area contributed by atoms with Crippen molar-refractivity contribution in [1.82, 2.24) is 14.8 Å². The van der Waals surface area contributed by atoms with Crippen molar-refractivity contribution >= 4 is 0 Å². The van der Waals surface area contributed by atoms with Crippen LogP contribution in [0, 0.1) is 5.92 Å². The monoisotopic (exact) mass is 183 g/mol. The van der Waals surface area contributed by atoms with E-state index in [2.05, 4.69) is 17.1 Å². The van der Waals surface area contributed by atoms with Crippen molar-refractivity contribution in [3.05, 3.63) is 16.3 Å². The number of hydrogen-bond donors (Lipinski definition) is 1. The van der Waals surface area contributed by atoms with Gasteiger partial charge in [0.1, 0.15) is 6.10 Å². The number of H-pyrrole nitrogens is 1. The molecule has 13 heavy (non-hydrogen) atoms. The van der Waals surface area contributed by atoms with Crippen LogP contribution in [0.2, 0.25) is 0 Å². The molecule has 5 nitrogen and oxygen atoms in total. The molecular weight excluding hydrogens is 170 g/mol. The Labute approximate surface area is 75.7 Å². The van der Waals surface area contributed by atoms with Crippen molar-refractivity contribution in [2.75, 3.05) is 6.61 Å². The van der Waals surface area contributed by atoms with E-state index in [9.17, 15) is 4.79 Å². The quantitative estimate of drug-likeness (QED) is 0.676. The Kier molecular flexibility index (Phi) is 1.95. The van der Waals surface area contributed by atoms with Crippen LogP contribution < -0.4 is 5.69 Å². The maximum Gasteiger partial charge on any atom is 0.343 e. The summed E-state index contributed by atoms with van der Waals surface area (Å²) < 4.78 is 7.01. The van der Waals surface area contributed by atoms with Crippen LogP contribution in [0.15, 0.2) is 4.79 Å². The van der Waals surface area contributed by atoms with Crippen LogP contribution in [0.5, 0.6) is 0 Å². The second kappa shape index (κ2) is 2.99. The van der Waals surface area contributed by atoms with Crippen molar-refractivity contribution in [3.63, 3.8) is 0 Å². The molecule has 2 unspecified atom stereocenters. The summed E-state index contributed by atoms with van der Waals surface area (Å²) in [5.41, 5.74) is -0.183. The molecule has 1 aliphatic heterocycles. The van der Waals surface area contributed by atoms with E-state index in [0.717, 1.165) is 13.0 Å². The SMILES string of the molecule is CC1CCOC1c1n[nH]c(=O)n1C. The van der Waals surface area contributed by atoms with E-state index < -0.39 is 0 Å². The van der Waals surface area contributed by atoms with Gasteiger partial charge < -0.3 is 4.74 Å². The Morgan fingerprint density at radius 2 is 2.46 bits per heavy atom. The lowest BCUT2D eigenvalue weighted by Crippen LogP contribution is -2.18. The highest BCUT2D eigenvalue weighted by Crippen LogP contribution is 2.31. The molecule has 2 heterocycles. The molecule has 1 aromatic heterocycles. The highest BCUT2D eigenvalue weighted by atomic mass is 16.5. The third kappa shape index (κ3) is 1.29. The largest absolute Gasteiger partial charge is 0.370 e. The van der Waals surface area contributed by atoms with E-state index in [1.807, 2.05) is 0 Å². The Bertz CT molecular complexity index is 355. The number of nitrogens with one attached hydrogen (secondary N) is 1. The molecule has 0 aliphatic carbocycles. The van der Waals surface area contributed by atoms with E-state index in [1.165, 1.54) is 4.57 Å². The first-order valence-corrected chi connectivity index (χ1v) is 4.43. The molecule has 0 aromatic carbocycles. The summed E-state index contributed by atoms with van der Waals surface area (Å²) in [5.74, 6) is 1.14. The van der Waals surface area contributed by atoms with E-state index >= 15 is 0 Å². The van der Waals surface area contributed by atoms with Gasteiger partial charge in [0.15, 0.2) is 5.82 Å². The van der Waals surface area contributed by atoms with Crippen molar-refractivity contribution < 1.29 is 4.74 Å². The summed E-state index contributed by atoms with van der Waals surface area (Å²) >= 11 is 0. The zero-order valence-electron chi connectivity index (χ0n) is 7.78. The average molecular weight is 183 g/mol. The van der Waals surface area contributed by atoms with Crippen LogP contribution in [-0.4, -0.2) is 21.4 Å². The van der Waals surface area contributed by atoms with Gasteiger partial charge in [0, 0.05) is 13.7 Å². The molecule has 0 radical (unpaired) electrons. The number of hydrogen-bond acceptors (Lipinski definition) is 3. The Balaban J connectivity index is 2.34. The zero-order valence-corrected chi connectivity index (χ0v) is 7.78. The lowest BCUT2D eigenvalue weighted by molar-refractivity contribution is 0.0846. The number of ether oxygens (including phenoxy) is 1. The first-order valence-electron chi connectivity index (χ1n) is 4.43. The second-order valence-electron chi connectivity index (χ2n) is 3.50. The third-order valence-corrected chi connectivity index (χ3v) is 2.56. The predicted molar refractivity (Wildman–Crippen MR) is 46.3 cm³/mol. The first-order chi connectivity index (χ1) is 6.20. The minimum Gasteiger partial charge on any atom is -0.370 e. The fourth-order valence-corrected chi connectivity index (χ4v) is 1.64. The smallest absolute Gasteiger partial charge is 0.343 e. The lowest BCUT2D eigenvalue weighted by atomic mass is 10.0. The predicted octanol–water partition coefficient (Wildman–Crippen LogP) is 0.206. The van der Waals surface area contributed by atoms with Gasteiger partial charge in [0.2, 0.25) is 0 Å². The van der Waals surface area contributed by atoms with E-state index in [4.69, 9.17) is 4.74 Å². The van der Waals surface area contributed by atoms with Crippen LogP contribution in [-0.2, 0) is 11.8 Å². The van der Waals surface area contributed by atoms with Gasteiger partial charge in [-0.25, -0.2) is 9.89 Å². The van der Waals surface area contributed by atoms with Gasteiger partial charge in [-0.2, -0.15) is 5.10 Å². The summed E-state index contributed by atoms with van der Waals surface area (Å²) in [6.07, 6.45) is 1.01. The van der Waals surface area contributed by atoms with E-state index in [0.29, 0.717) is 11.7 Å². The van der Waals surface area contributed by atoms with Gasteiger partial charge in [0.25, 0.3) is 0 Å². The maximum atomic E-state index is 11.1. The molecule has 0 amide bonds. The average Bonchev–Trinajstić information content (AvgIpc) is 2.62. The van der Waals surface area contributed by atoms with Gasteiger partial charge in [-0.3, -0.25) is 4.57 Å². The van der Waals surface area contributed by atoms with Crippen molar-refractivity contribution in [1.29, 1.82) is 0 Å². The molecule has 0 saturated carbocycles. The summed E-state index contributed by atoms with van der Waals surface area (Å²) in [6, 6.07) is 0. The summed E-state index contributed by atoms with van der Waals surface area (Å²) in [4.78, 5) is 11.1. The molecule has 72 valence electrons. The fraction of sp³-hybridized carbons (Fsp3) is 0.750. The minimum atomic E-state index is -0.183. The topological polar surface area (TPSA) is 59.9 Å². The molecule has 2 rings (SSSR count). The van der Waals surface area contributed by atoms with Crippen LogP contribution >= 0.6 is 0 Å². The first kappa shape index (κ1) is 8.50. The van der Waals surface area contributed by atoms with E-state index in [-0.39, 0.29) is 11.8 Å². The molecule has 1 N–H and O–H groups in total. The van der Waals surface area contributed by atoms with Crippen LogP contribution in [0.25, 0.3) is 0 Å². The summed E-state index contributed by atoms with van der Waals surface area (Å²) in [7, 11) is 1.70. The van der Waals surface area contributed by atoms with Crippen LogP contribution in [0.4, 0.5) is 0 Å². The standard InChI is InChI=1S/C8H13N3O2/c1-5-3-4-13-6(5)7-9-10-8(12)11(7)2/h5-6H,3-4H2,1-2H3,(H,10,12). The second-order valence-corrected chi connectivity index (χ2v) is 3.50. The summed E-state index contributed by atoms with van der Waals surface area (Å²) in [6.45, 7) is 2.86. The number of aromatic amines is 1. The van der Waals surface area contributed by atoms with Gasteiger partial charge in [0.05, 0.1) is 0 Å². The van der Waals surface area contributed by atoms with Crippen LogP contribution in [0.1, 0.15) is 25.3 Å².